The van der Waals surface area contributed by atoms with Crippen LogP contribution in [-0.2, 0) is 9.59 Å². The van der Waals surface area contributed by atoms with Crippen molar-refractivity contribution in [1.82, 2.24) is 4.90 Å². The van der Waals surface area contributed by atoms with Crippen molar-refractivity contribution in [2.45, 2.75) is 32.7 Å². The molecule has 1 fully saturated rings. The van der Waals surface area contributed by atoms with Gasteiger partial charge >= 0.3 is 5.97 Å². The molecule has 1 aromatic carbocycles. The third-order valence-corrected chi connectivity index (χ3v) is 4.37. The normalized spacial score (nSPS) is 22.4. The summed E-state index contributed by atoms with van der Waals surface area (Å²) in [4.78, 5) is 25.3. The molecule has 1 saturated heterocycles. The number of aliphatic carboxylic acids is 1. The van der Waals surface area contributed by atoms with E-state index in [4.69, 9.17) is 0 Å². The van der Waals surface area contributed by atoms with Gasteiger partial charge in [0.25, 0.3) is 0 Å². The molecular weight excluding hydrogens is 322 g/mol. The Hall–Kier alpha value is -1.36. The van der Waals surface area contributed by atoms with Crippen LogP contribution in [-0.4, -0.2) is 28.4 Å². The molecule has 5 heteroatoms. The number of aryl methyl sites for hydroxylation is 1. The number of nitrogens with zero attached hydrogens (tertiary/aromatic N) is 1. The average molecular weight is 340 g/mol. The molecule has 4 nitrogen and oxygen atoms in total. The van der Waals surface area contributed by atoms with E-state index >= 15 is 0 Å². The molecule has 1 aromatic rings. The minimum absolute atomic E-state index is 0.0725. The van der Waals surface area contributed by atoms with Crippen LogP contribution in [0.1, 0.15) is 36.9 Å². The molecule has 108 valence electrons. The van der Waals surface area contributed by atoms with E-state index in [-0.39, 0.29) is 18.4 Å². The van der Waals surface area contributed by atoms with Crippen LogP contribution in [0.3, 0.4) is 0 Å². The monoisotopic (exact) mass is 339 g/mol. The van der Waals surface area contributed by atoms with Crippen LogP contribution < -0.4 is 0 Å². The third-order valence-electron chi connectivity index (χ3n) is 3.69. The van der Waals surface area contributed by atoms with Crippen molar-refractivity contribution in [3.05, 3.63) is 33.8 Å². The first-order valence-electron chi connectivity index (χ1n) is 6.74. The van der Waals surface area contributed by atoms with Crippen LogP contribution in [0.2, 0.25) is 0 Å². The van der Waals surface area contributed by atoms with E-state index in [2.05, 4.69) is 15.9 Å². The fourth-order valence-electron chi connectivity index (χ4n) is 2.77. The smallest absolute Gasteiger partial charge is 0.309 e. The molecule has 1 aliphatic heterocycles. The fraction of sp³-hybridized carbons (Fsp3) is 0.467. The molecule has 2 unspecified atom stereocenters. The van der Waals surface area contributed by atoms with Crippen molar-refractivity contribution in [2.24, 2.45) is 5.92 Å². The lowest BCUT2D eigenvalue weighted by Crippen LogP contribution is -2.31. The summed E-state index contributed by atoms with van der Waals surface area (Å²) < 4.78 is 0.865. The van der Waals surface area contributed by atoms with Gasteiger partial charge in [0.15, 0.2) is 0 Å². The van der Waals surface area contributed by atoms with Crippen LogP contribution in [0.25, 0.3) is 0 Å². The first-order valence-corrected chi connectivity index (χ1v) is 7.53. The highest BCUT2D eigenvalue weighted by atomic mass is 79.9. The first-order chi connectivity index (χ1) is 9.45. The van der Waals surface area contributed by atoms with Gasteiger partial charge in [0.1, 0.15) is 0 Å². The maximum absolute atomic E-state index is 12.1. The minimum atomic E-state index is -0.908. The van der Waals surface area contributed by atoms with Gasteiger partial charge < -0.3 is 10.0 Å². The molecule has 1 aliphatic rings. The van der Waals surface area contributed by atoms with Gasteiger partial charge in [-0.05, 0) is 30.5 Å². The number of carboxylic acids is 1. The summed E-state index contributed by atoms with van der Waals surface area (Å²) in [7, 11) is 0. The highest BCUT2D eigenvalue weighted by Gasteiger charge is 2.44. The molecule has 1 amide bonds. The summed E-state index contributed by atoms with van der Waals surface area (Å²) in [6.45, 7) is 4.56. The van der Waals surface area contributed by atoms with Crippen molar-refractivity contribution >= 4 is 27.8 Å². The predicted octanol–water partition coefficient (Wildman–Crippen LogP) is 3.14. The fourth-order valence-corrected chi connectivity index (χ4v) is 3.50. The number of hydrogen-bond acceptors (Lipinski definition) is 2. The maximum atomic E-state index is 12.1. The minimum Gasteiger partial charge on any atom is -0.481 e. The Morgan fingerprint density at radius 3 is 2.75 bits per heavy atom. The van der Waals surface area contributed by atoms with Crippen molar-refractivity contribution < 1.29 is 14.7 Å². The zero-order valence-corrected chi connectivity index (χ0v) is 13.2. The van der Waals surface area contributed by atoms with E-state index in [1.165, 1.54) is 0 Å². The summed E-state index contributed by atoms with van der Waals surface area (Å²) in [6.07, 6.45) is 0.901. The van der Waals surface area contributed by atoms with Gasteiger partial charge in [-0.25, -0.2) is 0 Å². The molecule has 2 rings (SSSR count). The Labute approximate surface area is 126 Å². The zero-order valence-electron chi connectivity index (χ0n) is 11.6. The molecule has 0 radical (unpaired) electrons. The van der Waals surface area contributed by atoms with E-state index in [1.54, 1.807) is 4.90 Å². The number of halogens is 1. The molecule has 0 bridgehead atoms. The van der Waals surface area contributed by atoms with Crippen LogP contribution >= 0.6 is 15.9 Å². The number of hydrogen-bond donors (Lipinski definition) is 1. The standard InChI is InChI=1S/C15H18BrNO3/c1-3-6-17-13(18)8-11(15(19)20)14(17)10-5-4-9(2)7-12(10)16/h4-5,7,11,14H,3,6,8H2,1-2H3,(H,19,20). The van der Waals surface area contributed by atoms with Crippen molar-refractivity contribution in [3.63, 3.8) is 0 Å². The van der Waals surface area contributed by atoms with E-state index in [9.17, 15) is 14.7 Å². The Bertz CT molecular complexity index is 544. The van der Waals surface area contributed by atoms with Gasteiger partial charge in [-0.1, -0.05) is 35.0 Å². The van der Waals surface area contributed by atoms with E-state index in [0.717, 1.165) is 22.0 Å². The van der Waals surface area contributed by atoms with Gasteiger partial charge in [0.05, 0.1) is 12.0 Å². The topological polar surface area (TPSA) is 57.6 Å². The second-order valence-corrected chi connectivity index (χ2v) is 6.06. The van der Waals surface area contributed by atoms with E-state index in [0.29, 0.717) is 6.54 Å². The molecule has 0 aliphatic carbocycles. The largest absolute Gasteiger partial charge is 0.481 e. The second kappa shape index (κ2) is 5.95. The van der Waals surface area contributed by atoms with Gasteiger partial charge in [-0.2, -0.15) is 0 Å². The highest BCUT2D eigenvalue weighted by Crippen LogP contribution is 2.41. The average Bonchev–Trinajstić information content (AvgIpc) is 2.68. The number of benzene rings is 1. The van der Waals surface area contributed by atoms with Gasteiger partial charge in [0, 0.05) is 17.4 Å². The molecule has 1 heterocycles. The SMILES string of the molecule is CCCN1C(=O)CC(C(=O)O)C1c1ccc(C)cc1Br. The summed E-state index contributed by atoms with van der Waals surface area (Å²) in [6, 6.07) is 5.45. The number of likely N-dealkylation sites (tertiary alicyclic amines) is 1. The van der Waals surface area contributed by atoms with Crippen LogP contribution in [0.5, 0.6) is 0 Å². The lowest BCUT2D eigenvalue weighted by Gasteiger charge is -2.28. The van der Waals surface area contributed by atoms with E-state index in [1.807, 2.05) is 32.0 Å². The number of amides is 1. The maximum Gasteiger partial charge on any atom is 0.309 e. The molecule has 2 atom stereocenters. The third kappa shape index (κ3) is 2.73. The highest BCUT2D eigenvalue weighted by molar-refractivity contribution is 9.10. The number of carboxylic acid groups (broad SMARTS) is 1. The second-order valence-electron chi connectivity index (χ2n) is 5.21. The van der Waals surface area contributed by atoms with E-state index < -0.39 is 11.9 Å². The van der Waals surface area contributed by atoms with Gasteiger partial charge in [-0.3, -0.25) is 9.59 Å². The van der Waals surface area contributed by atoms with Crippen molar-refractivity contribution in [2.75, 3.05) is 6.54 Å². The molecule has 20 heavy (non-hydrogen) atoms. The summed E-state index contributed by atoms with van der Waals surface area (Å²) in [5, 5.41) is 9.40. The predicted molar refractivity (Wildman–Crippen MR) is 79.4 cm³/mol. The Balaban J connectivity index is 2.46. The van der Waals surface area contributed by atoms with Crippen LogP contribution in [0.15, 0.2) is 22.7 Å². The Morgan fingerprint density at radius 1 is 1.50 bits per heavy atom. The van der Waals surface area contributed by atoms with Gasteiger partial charge in [0.2, 0.25) is 5.91 Å². The quantitative estimate of drug-likeness (QED) is 0.916. The summed E-state index contributed by atoms with van der Waals surface area (Å²) in [5.41, 5.74) is 1.97. The van der Waals surface area contributed by atoms with Crippen molar-refractivity contribution in [1.29, 1.82) is 0 Å². The zero-order chi connectivity index (χ0) is 14.9. The first kappa shape index (κ1) is 15.0. The van der Waals surface area contributed by atoms with Crippen LogP contribution in [0.4, 0.5) is 0 Å². The van der Waals surface area contributed by atoms with Crippen LogP contribution in [0, 0.1) is 12.8 Å². The number of carbonyl (C=O) groups excluding carboxylic acids is 1. The lowest BCUT2D eigenvalue weighted by atomic mass is 9.93. The molecule has 0 aromatic heterocycles. The molecule has 1 N–H and O–H groups in total. The number of carbonyl (C=O) groups is 2. The summed E-state index contributed by atoms with van der Waals surface area (Å²) >= 11 is 3.50. The Morgan fingerprint density at radius 2 is 2.20 bits per heavy atom. The number of rotatable bonds is 4. The van der Waals surface area contributed by atoms with Gasteiger partial charge in [-0.15, -0.1) is 0 Å². The molecule has 0 saturated carbocycles. The van der Waals surface area contributed by atoms with Crippen molar-refractivity contribution in [3.8, 4) is 0 Å². The summed E-state index contributed by atoms with van der Waals surface area (Å²) in [5.74, 6) is -1.65. The lowest BCUT2D eigenvalue weighted by molar-refractivity contribution is -0.142. The Kier molecular flexibility index (Phi) is 4.48. The molecule has 0 spiro atoms. The molecular formula is C15H18BrNO3.